The smallest absolute Gasteiger partial charge is 0.326 e. The first kappa shape index (κ1) is 14.5. The number of carbonyl (C=O) groups is 2. The molecule has 8 nitrogen and oxygen atoms in total. The highest BCUT2D eigenvalue weighted by Gasteiger charge is 2.41. The van der Waals surface area contributed by atoms with Crippen LogP contribution in [0.2, 0.25) is 0 Å². The fourth-order valence-electron chi connectivity index (χ4n) is 2.37. The van der Waals surface area contributed by atoms with Gasteiger partial charge < -0.3 is 20.5 Å². The molecule has 1 saturated heterocycles. The summed E-state index contributed by atoms with van der Waals surface area (Å²) >= 11 is 0. The summed E-state index contributed by atoms with van der Waals surface area (Å²) in [5.41, 5.74) is 6.46. The highest BCUT2D eigenvalue weighted by Crippen LogP contribution is 2.24. The molecule has 1 amide bonds. The van der Waals surface area contributed by atoms with E-state index < -0.39 is 24.0 Å². The minimum atomic E-state index is -1.05. The number of hydrogen-bond acceptors (Lipinski definition) is 5. The van der Waals surface area contributed by atoms with Crippen LogP contribution in [-0.2, 0) is 21.4 Å². The number of likely N-dealkylation sites (tertiary alicyclic amines) is 1. The number of aliphatic carboxylic acids is 1. The van der Waals surface area contributed by atoms with E-state index >= 15 is 0 Å². The van der Waals surface area contributed by atoms with Crippen molar-refractivity contribution in [2.24, 2.45) is 12.8 Å². The summed E-state index contributed by atoms with van der Waals surface area (Å²) in [6.45, 7) is 0.236. The summed E-state index contributed by atoms with van der Waals surface area (Å²) in [4.78, 5) is 24.9. The number of rotatable bonds is 4. The Labute approximate surface area is 116 Å². The van der Waals surface area contributed by atoms with Crippen molar-refractivity contribution >= 4 is 11.9 Å². The third-order valence-electron chi connectivity index (χ3n) is 3.51. The molecule has 2 rings (SSSR count). The average molecular weight is 282 g/mol. The zero-order chi connectivity index (χ0) is 14.9. The van der Waals surface area contributed by atoms with Crippen molar-refractivity contribution in [3.05, 3.63) is 18.0 Å². The number of nitrogens with two attached hydrogens (primary N) is 1. The second-order valence-electron chi connectivity index (χ2n) is 4.86. The predicted molar refractivity (Wildman–Crippen MR) is 68.7 cm³/mol. The molecule has 3 N–H and O–H groups in total. The number of ether oxygens (including phenoxy) is 1. The summed E-state index contributed by atoms with van der Waals surface area (Å²) < 4.78 is 6.69. The normalized spacial score (nSPS) is 23.9. The van der Waals surface area contributed by atoms with E-state index in [9.17, 15) is 14.7 Å². The van der Waals surface area contributed by atoms with Crippen LogP contribution < -0.4 is 5.73 Å². The maximum absolute atomic E-state index is 12.4. The van der Waals surface area contributed by atoms with Gasteiger partial charge in [0, 0.05) is 38.9 Å². The van der Waals surface area contributed by atoms with Crippen molar-refractivity contribution in [3.8, 4) is 0 Å². The standard InChI is InChI=1S/C12H18N4O4/c1-15-5-7(4-14-15)10(13)11(17)16-6-8(20-2)3-9(16)12(18)19/h4-5,8-10H,3,6,13H2,1-2H3,(H,18,19). The van der Waals surface area contributed by atoms with Crippen LogP contribution in [0.5, 0.6) is 0 Å². The fourth-order valence-corrected chi connectivity index (χ4v) is 2.37. The van der Waals surface area contributed by atoms with Crippen molar-refractivity contribution in [2.75, 3.05) is 13.7 Å². The van der Waals surface area contributed by atoms with Gasteiger partial charge in [0.2, 0.25) is 5.91 Å². The number of amides is 1. The average Bonchev–Trinajstić information content (AvgIpc) is 3.02. The molecule has 1 aromatic heterocycles. The lowest BCUT2D eigenvalue weighted by atomic mass is 10.1. The van der Waals surface area contributed by atoms with E-state index in [4.69, 9.17) is 10.5 Å². The van der Waals surface area contributed by atoms with Crippen molar-refractivity contribution in [1.82, 2.24) is 14.7 Å². The summed E-state index contributed by atoms with van der Waals surface area (Å²) in [6.07, 6.45) is 3.14. The number of aromatic nitrogens is 2. The van der Waals surface area contributed by atoms with Gasteiger partial charge in [-0.2, -0.15) is 5.10 Å². The Balaban J connectivity index is 2.16. The lowest BCUT2D eigenvalue weighted by Crippen LogP contribution is -2.45. The molecule has 0 radical (unpaired) electrons. The lowest BCUT2D eigenvalue weighted by Gasteiger charge is -2.24. The molecule has 1 aliphatic heterocycles. The van der Waals surface area contributed by atoms with Crippen molar-refractivity contribution < 1.29 is 19.4 Å². The fraction of sp³-hybridized carbons (Fsp3) is 0.583. The first-order valence-electron chi connectivity index (χ1n) is 6.24. The number of carboxylic acids is 1. The molecule has 3 atom stereocenters. The van der Waals surface area contributed by atoms with E-state index in [1.807, 2.05) is 0 Å². The Kier molecular flexibility index (Phi) is 4.05. The first-order chi connectivity index (χ1) is 9.43. The van der Waals surface area contributed by atoms with Crippen LogP contribution in [0.4, 0.5) is 0 Å². The van der Waals surface area contributed by atoms with Gasteiger partial charge in [-0.1, -0.05) is 0 Å². The highest BCUT2D eigenvalue weighted by molar-refractivity contribution is 5.88. The number of nitrogens with zero attached hydrogens (tertiary/aromatic N) is 3. The highest BCUT2D eigenvalue weighted by atomic mass is 16.5. The minimum Gasteiger partial charge on any atom is -0.480 e. The van der Waals surface area contributed by atoms with Gasteiger partial charge in [0.05, 0.1) is 12.3 Å². The van der Waals surface area contributed by atoms with Crippen LogP contribution in [0, 0.1) is 0 Å². The quantitative estimate of drug-likeness (QED) is 0.742. The molecular weight excluding hydrogens is 264 g/mol. The van der Waals surface area contributed by atoms with Crippen LogP contribution in [0.3, 0.4) is 0 Å². The second kappa shape index (κ2) is 5.59. The van der Waals surface area contributed by atoms with Crippen molar-refractivity contribution in [3.63, 3.8) is 0 Å². The van der Waals surface area contributed by atoms with Crippen LogP contribution in [0.25, 0.3) is 0 Å². The molecule has 3 unspecified atom stereocenters. The Morgan fingerprint density at radius 1 is 1.60 bits per heavy atom. The zero-order valence-corrected chi connectivity index (χ0v) is 11.4. The second-order valence-corrected chi connectivity index (χ2v) is 4.86. The molecule has 1 aromatic rings. The molecular formula is C12H18N4O4. The molecule has 1 aliphatic rings. The molecule has 8 heteroatoms. The Morgan fingerprint density at radius 3 is 2.80 bits per heavy atom. The van der Waals surface area contributed by atoms with Gasteiger partial charge in [-0.15, -0.1) is 0 Å². The van der Waals surface area contributed by atoms with Gasteiger partial charge in [0.1, 0.15) is 12.1 Å². The van der Waals surface area contributed by atoms with Crippen LogP contribution in [0.15, 0.2) is 12.4 Å². The number of carboxylic acid groups (broad SMARTS) is 1. The molecule has 20 heavy (non-hydrogen) atoms. The van der Waals surface area contributed by atoms with Gasteiger partial charge in [-0.25, -0.2) is 4.79 Å². The number of carbonyl (C=O) groups excluding carboxylic acids is 1. The largest absolute Gasteiger partial charge is 0.480 e. The summed E-state index contributed by atoms with van der Waals surface area (Å²) in [7, 11) is 3.22. The Morgan fingerprint density at radius 2 is 2.30 bits per heavy atom. The van der Waals surface area contributed by atoms with E-state index in [0.717, 1.165) is 0 Å². The van der Waals surface area contributed by atoms with Crippen LogP contribution in [-0.4, -0.2) is 57.5 Å². The van der Waals surface area contributed by atoms with E-state index in [1.165, 1.54) is 18.2 Å². The molecule has 0 saturated carbocycles. The third kappa shape index (κ3) is 2.66. The number of hydrogen-bond donors (Lipinski definition) is 2. The van der Waals surface area contributed by atoms with E-state index in [0.29, 0.717) is 5.56 Å². The summed E-state index contributed by atoms with van der Waals surface area (Å²) in [5, 5.41) is 13.2. The van der Waals surface area contributed by atoms with Gasteiger partial charge in [-0.05, 0) is 0 Å². The lowest BCUT2D eigenvalue weighted by molar-refractivity contribution is -0.148. The van der Waals surface area contributed by atoms with E-state index in [2.05, 4.69) is 5.10 Å². The third-order valence-corrected chi connectivity index (χ3v) is 3.51. The topological polar surface area (TPSA) is 111 Å². The predicted octanol–water partition coefficient (Wildman–Crippen LogP) is -0.880. The zero-order valence-electron chi connectivity index (χ0n) is 11.4. The van der Waals surface area contributed by atoms with Crippen LogP contribution in [0.1, 0.15) is 18.0 Å². The SMILES string of the molecule is COC1CC(C(=O)O)N(C(=O)C(N)c2cnn(C)c2)C1. The van der Waals surface area contributed by atoms with E-state index in [-0.39, 0.29) is 19.1 Å². The molecule has 0 spiro atoms. The van der Waals surface area contributed by atoms with Crippen molar-refractivity contribution in [2.45, 2.75) is 24.6 Å². The summed E-state index contributed by atoms with van der Waals surface area (Å²) in [5.74, 6) is -1.47. The van der Waals surface area contributed by atoms with E-state index in [1.54, 1.807) is 17.9 Å². The molecule has 2 heterocycles. The minimum absolute atomic E-state index is 0.236. The molecule has 0 bridgehead atoms. The van der Waals surface area contributed by atoms with Gasteiger partial charge >= 0.3 is 5.97 Å². The summed E-state index contributed by atoms with van der Waals surface area (Å²) in [6, 6.07) is -1.81. The molecule has 110 valence electrons. The van der Waals surface area contributed by atoms with Crippen LogP contribution >= 0.6 is 0 Å². The van der Waals surface area contributed by atoms with Gasteiger partial charge in [-0.3, -0.25) is 9.48 Å². The molecule has 0 aromatic carbocycles. The first-order valence-corrected chi connectivity index (χ1v) is 6.24. The van der Waals surface area contributed by atoms with Gasteiger partial charge in [0.25, 0.3) is 0 Å². The Hall–Kier alpha value is -1.93. The maximum Gasteiger partial charge on any atom is 0.326 e. The molecule has 1 fully saturated rings. The Bertz CT molecular complexity index is 515. The number of aryl methyl sites for hydroxylation is 1. The van der Waals surface area contributed by atoms with Gasteiger partial charge in [0.15, 0.2) is 0 Å². The monoisotopic (exact) mass is 282 g/mol. The van der Waals surface area contributed by atoms with Crippen molar-refractivity contribution in [1.29, 1.82) is 0 Å². The maximum atomic E-state index is 12.4. The molecule has 0 aliphatic carbocycles. The number of methoxy groups -OCH3 is 1.